The molecule has 5 N–H and O–H groups in total. The van der Waals surface area contributed by atoms with Crippen molar-refractivity contribution in [2.45, 2.75) is 5.92 Å². The number of carboxylic acids is 1. The maximum absolute atomic E-state index is 11.5. The van der Waals surface area contributed by atoms with E-state index < -0.39 is 34.9 Å². The molecule has 0 radical (unpaired) electrons. The van der Waals surface area contributed by atoms with Crippen molar-refractivity contribution in [3.63, 3.8) is 0 Å². The van der Waals surface area contributed by atoms with Gasteiger partial charge in [-0.25, -0.2) is 0 Å². The van der Waals surface area contributed by atoms with E-state index in [1.165, 1.54) is 36.4 Å². The Morgan fingerprint density at radius 1 is 0.750 bits per heavy atom. The summed E-state index contributed by atoms with van der Waals surface area (Å²) in [6, 6.07) is 7.53. The minimum absolute atomic E-state index is 0.295. The van der Waals surface area contributed by atoms with Gasteiger partial charge in [-0.15, -0.1) is 0 Å². The quantitative estimate of drug-likeness (QED) is 0.582. The minimum Gasteiger partial charge on any atom is -0.507 e. The van der Waals surface area contributed by atoms with Crippen molar-refractivity contribution in [1.29, 1.82) is 0 Å². The summed E-state index contributed by atoms with van der Waals surface area (Å²) in [6.07, 6.45) is 0. The van der Waals surface area contributed by atoms with E-state index in [4.69, 9.17) is 0 Å². The maximum atomic E-state index is 11.5. The highest BCUT2D eigenvalue weighted by atomic mass is 16.4. The Balaban J connectivity index is 2.73. The van der Waals surface area contributed by atoms with E-state index in [0.717, 1.165) is 0 Å². The van der Waals surface area contributed by atoms with Gasteiger partial charge in [0.2, 0.25) is 0 Å². The number of phenolic OH excluding ortho intramolecular Hbond substituents is 4. The van der Waals surface area contributed by atoms with Crippen LogP contribution in [-0.4, -0.2) is 31.5 Å². The second kappa shape index (κ2) is 5.00. The molecule has 0 amide bonds. The van der Waals surface area contributed by atoms with Gasteiger partial charge in [0.15, 0.2) is 0 Å². The number of hydrogen-bond donors (Lipinski definition) is 5. The molecular weight excluding hydrogens is 264 g/mol. The predicted molar refractivity (Wildman–Crippen MR) is 69.0 cm³/mol. The largest absolute Gasteiger partial charge is 0.507 e. The van der Waals surface area contributed by atoms with E-state index in [-0.39, 0.29) is 11.1 Å². The summed E-state index contributed by atoms with van der Waals surface area (Å²) in [6.45, 7) is 0. The van der Waals surface area contributed by atoms with Gasteiger partial charge in [0.05, 0.1) is 11.1 Å². The topological polar surface area (TPSA) is 118 Å². The van der Waals surface area contributed by atoms with Crippen LogP contribution in [0.1, 0.15) is 17.0 Å². The first-order valence-electron chi connectivity index (χ1n) is 5.68. The molecule has 104 valence electrons. The fraction of sp³-hybridized carbons (Fsp3) is 0.0714. The molecule has 0 saturated carbocycles. The van der Waals surface area contributed by atoms with Crippen LogP contribution in [0.3, 0.4) is 0 Å². The Morgan fingerprint density at radius 2 is 1.05 bits per heavy atom. The molecule has 20 heavy (non-hydrogen) atoms. The van der Waals surface area contributed by atoms with Crippen molar-refractivity contribution in [3.8, 4) is 23.0 Å². The minimum atomic E-state index is -1.60. The second-order valence-corrected chi connectivity index (χ2v) is 4.19. The number of aliphatic carboxylic acids is 1. The number of phenols is 4. The van der Waals surface area contributed by atoms with Gasteiger partial charge in [-0.2, -0.15) is 0 Å². The Hall–Kier alpha value is -2.89. The van der Waals surface area contributed by atoms with Gasteiger partial charge >= 0.3 is 5.97 Å². The second-order valence-electron chi connectivity index (χ2n) is 4.19. The molecule has 0 aliphatic rings. The highest BCUT2D eigenvalue weighted by Crippen LogP contribution is 2.43. The molecule has 0 fully saturated rings. The average molecular weight is 276 g/mol. The molecule has 6 heteroatoms. The van der Waals surface area contributed by atoms with Gasteiger partial charge in [-0.3, -0.25) is 4.79 Å². The highest BCUT2D eigenvalue weighted by Gasteiger charge is 2.32. The van der Waals surface area contributed by atoms with E-state index in [1.54, 1.807) is 0 Å². The van der Waals surface area contributed by atoms with Crippen LogP contribution >= 0.6 is 0 Å². The average Bonchev–Trinajstić information content (AvgIpc) is 2.35. The van der Waals surface area contributed by atoms with Crippen LogP contribution in [0, 0.1) is 0 Å². The summed E-state index contributed by atoms with van der Waals surface area (Å²) < 4.78 is 0. The fourth-order valence-corrected chi connectivity index (χ4v) is 2.07. The lowest BCUT2D eigenvalue weighted by atomic mass is 9.88. The van der Waals surface area contributed by atoms with Crippen LogP contribution in [0.4, 0.5) is 0 Å². The zero-order valence-electron chi connectivity index (χ0n) is 10.2. The molecule has 0 unspecified atom stereocenters. The lowest BCUT2D eigenvalue weighted by molar-refractivity contribution is -0.137. The molecule has 0 atom stereocenters. The van der Waals surface area contributed by atoms with Gasteiger partial charge < -0.3 is 25.5 Å². The highest BCUT2D eigenvalue weighted by molar-refractivity contribution is 5.84. The van der Waals surface area contributed by atoms with Crippen molar-refractivity contribution in [2.24, 2.45) is 0 Å². The smallest absolute Gasteiger partial charge is 0.316 e. The number of benzene rings is 2. The number of rotatable bonds is 3. The Kier molecular flexibility index (Phi) is 3.39. The van der Waals surface area contributed by atoms with Crippen molar-refractivity contribution in [1.82, 2.24) is 0 Å². The van der Waals surface area contributed by atoms with Crippen molar-refractivity contribution < 1.29 is 30.3 Å². The zero-order valence-corrected chi connectivity index (χ0v) is 10.2. The van der Waals surface area contributed by atoms with Gasteiger partial charge in [0, 0.05) is 0 Å². The summed E-state index contributed by atoms with van der Waals surface area (Å²) in [7, 11) is 0. The van der Waals surface area contributed by atoms with Crippen LogP contribution in [0.2, 0.25) is 0 Å². The van der Waals surface area contributed by atoms with Crippen LogP contribution < -0.4 is 0 Å². The molecule has 2 aromatic rings. The van der Waals surface area contributed by atoms with E-state index in [1.807, 2.05) is 0 Å². The molecule has 0 saturated heterocycles. The molecule has 0 spiro atoms. The van der Waals surface area contributed by atoms with Crippen molar-refractivity contribution >= 4 is 5.97 Å². The normalized spacial score (nSPS) is 10.7. The van der Waals surface area contributed by atoms with Gasteiger partial charge in [0.25, 0.3) is 0 Å². The maximum Gasteiger partial charge on any atom is 0.316 e. The van der Waals surface area contributed by atoms with E-state index in [2.05, 4.69) is 0 Å². The first kappa shape index (κ1) is 13.5. The van der Waals surface area contributed by atoms with Crippen LogP contribution in [0.25, 0.3) is 0 Å². The summed E-state index contributed by atoms with van der Waals surface area (Å²) in [5.74, 6) is -4.81. The number of carbonyl (C=O) groups is 1. The summed E-state index contributed by atoms with van der Waals surface area (Å²) in [5.41, 5.74) is -0.589. The molecule has 2 rings (SSSR count). The predicted octanol–water partition coefficient (Wildman–Crippen LogP) is 1.73. The van der Waals surface area contributed by atoms with Gasteiger partial charge in [-0.1, -0.05) is 12.1 Å². The summed E-state index contributed by atoms with van der Waals surface area (Å²) in [5, 5.41) is 48.4. The van der Waals surface area contributed by atoms with Crippen molar-refractivity contribution in [3.05, 3.63) is 47.5 Å². The third-order valence-corrected chi connectivity index (χ3v) is 2.94. The van der Waals surface area contributed by atoms with Crippen LogP contribution in [0.5, 0.6) is 23.0 Å². The Labute approximate surface area is 113 Å². The lowest BCUT2D eigenvalue weighted by Gasteiger charge is -2.18. The van der Waals surface area contributed by atoms with E-state index in [9.17, 15) is 30.3 Å². The number of hydrogen-bond acceptors (Lipinski definition) is 5. The molecule has 0 aromatic heterocycles. The van der Waals surface area contributed by atoms with Gasteiger partial charge in [0.1, 0.15) is 28.9 Å². The molecule has 2 aromatic carbocycles. The zero-order chi connectivity index (χ0) is 14.9. The third kappa shape index (κ3) is 2.18. The Morgan fingerprint density at radius 3 is 1.30 bits per heavy atom. The molecule has 0 heterocycles. The standard InChI is InChI=1S/C14H12O6/c15-7-3-1-4-8(16)11(7)13(14(19)20)12-9(17)5-2-6-10(12)18/h1-6,13,15-18H,(H,19,20). The van der Waals surface area contributed by atoms with E-state index >= 15 is 0 Å². The van der Waals surface area contributed by atoms with Crippen LogP contribution in [0.15, 0.2) is 36.4 Å². The number of aromatic hydroxyl groups is 4. The number of carboxylic acid groups (broad SMARTS) is 1. The molecule has 0 aliphatic heterocycles. The summed E-state index contributed by atoms with van der Waals surface area (Å²) in [4.78, 5) is 11.5. The Bertz CT molecular complexity index is 573. The van der Waals surface area contributed by atoms with Crippen molar-refractivity contribution in [2.75, 3.05) is 0 Å². The van der Waals surface area contributed by atoms with E-state index in [0.29, 0.717) is 0 Å². The summed E-state index contributed by atoms with van der Waals surface area (Å²) >= 11 is 0. The molecule has 0 bridgehead atoms. The van der Waals surface area contributed by atoms with Gasteiger partial charge in [-0.05, 0) is 24.3 Å². The molecule has 0 aliphatic carbocycles. The molecule has 6 nitrogen and oxygen atoms in total. The molecular formula is C14H12O6. The SMILES string of the molecule is O=C(O)C(c1c(O)cccc1O)c1c(O)cccc1O. The monoisotopic (exact) mass is 276 g/mol. The first-order chi connectivity index (χ1) is 9.43. The third-order valence-electron chi connectivity index (χ3n) is 2.94. The lowest BCUT2D eigenvalue weighted by Crippen LogP contribution is -2.14. The first-order valence-corrected chi connectivity index (χ1v) is 5.68. The van der Waals surface area contributed by atoms with Crippen LogP contribution in [-0.2, 0) is 4.79 Å². The fourth-order valence-electron chi connectivity index (χ4n) is 2.07.